The van der Waals surface area contributed by atoms with Gasteiger partial charge in [-0.1, -0.05) is 33.8 Å². The predicted octanol–water partition coefficient (Wildman–Crippen LogP) is 3.81. The van der Waals surface area contributed by atoms with Gasteiger partial charge in [0.1, 0.15) is 5.75 Å². The Hall–Kier alpha value is -2.02. The first-order chi connectivity index (χ1) is 11.5. The van der Waals surface area contributed by atoms with E-state index in [9.17, 15) is 23.8 Å². The molecule has 1 aliphatic rings. The monoisotopic (exact) mass is 354 g/mol. The summed E-state index contributed by atoms with van der Waals surface area (Å²) in [6, 6.07) is 3.28. The number of rotatable bonds is 4. The number of phenols is 1. The third kappa shape index (κ3) is 3.38. The molecule has 138 valence electrons. The molecule has 0 aromatic heterocycles. The highest BCUT2D eigenvalue weighted by Crippen LogP contribution is 2.37. The van der Waals surface area contributed by atoms with E-state index in [4.69, 9.17) is 0 Å². The van der Waals surface area contributed by atoms with Crippen molar-refractivity contribution in [3.63, 3.8) is 0 Å². The van der Waals surface area contributed by atoms with E-state index in [-0.39, 0.29) is 28.9 Å². The zero-order chi connectivity index (χ0) is 19.1. The van der Waals surface area contributed by atoms with E-state index >= 15 is 0 Å². The molecular weight excluding hydrogens is 330 g/mol. The van der Waals surface area contributed by atoms with Crippen molar-refractivity contribution in [3.8, 4) is 5.75 Å². The number of hydrazone groups is 1. The van der Waals surface area contributed by atoms with Gasteiger partial charge in [0, 0.05) is 12.1 Å². The van der Waals surface area contributed by atoms with Crippen molar-refractivity contribution < 1.29 is 23.8 Å². The molecule has 25 heavy (non-hydrogen) atoms. The average Bonchev–Trinajstić information content (AvgIpc) is 2.82. The number of aromatic hydroxyl groups is 1. The van der Waals surface area contributed by atoms with Gasteiger partial charge in [-0.15, -0.1) is 0 Å². The summed E-state index contributed by atoms with van der Waals surface area (Å²) < 4.78 is 26.7. The number of amides is 1. The van der Waals surface area contributed by atoms with Crippen LogP contribution in [0.5, 0.6) is 5.75 Å². The van der Waals surface area contributed by atoms with Crippen LogP contribution in [-0.4, -0.2) is 39.0 Å². The maximum absolute atomic E-state index is 13.4. The van der Waals surface area contributed by atoms with Crippen LogP contribution >= 0.6 is 0 Å². The molecule has 0 spiro atoms. The largest absolute Gasteiger partial charge is 0.507 e. The number of nitrogens with zero attached hydrogens (tertiary/aromatic N) is 2. The lowest BCUT2D eigenvalue weighted by atomic mass is 9.91. The van der Waals surface area contributed by atoms with Crippen LogP contribution < -0.4 is 0 Å². The Balaban J connectivity index is 2.59. The summed E-state index contributed by atoms with van der Waals surface area (Å²) in [6.07, 6.45) is -3.62. The fourth-order valence-corrected chi connectivity index (χ4v) is 2.87. The van der Waals surface area contributed by atoms with E-state index in [0.29, 0.717) is 10.6 Å². The maximum Gasteiger partial charge on any atom is 0.287 e. The van der Waals surface area contributed by atoms with Gasteiger partial charge in [0.15, 0.2) is 0 Å². The number of carbonyl (C=O) groups is 1. The summed E-state index contributed by atoms with van der Waals surface area (Å²) in [7, 11) is 0. The Morgan fingerprint density at radius 1 is 1.24 bits per heavy atom. The lowest BCUT2D eigenvalue weighted by molar-refractivity contribution is -0.164. The van der Waals surface area contributed by atoms with Crippen LogP contribution in [0.1, 0.15) is 74.4 Å². The molecule has 0 aliphatic carbocycles. The van der Waals surface area contributed by atoms with Crippen LogP contribution in [0.25, 0.3) is 0 Å². The number of benzene rings is 1. The molecule has 1 aliphatic heterocycles. The van der Waals surface area contributed by atoms with Crippen LogP contribution in [0.4, 0.5) is 8.78 Å². The van der Waals surface area contributed by atoms with Crippen molar-refractivity contribution in [2.45, 2.75) is 65.0 Å². The molecule has 1 heterocycles. The zero-order valence-electron chi connectivity index (χ0n) is 15.0. The Labute approximate surface area is 146 Å². The Morgan fingerprint density at radius 3 is 2.32 bits per heavy atom. The van der Waals surface area contributed by atoms with Gasteiger partial charge in [0.05, 0.1) is 5.56 Å². The standard InChI is InChI=1S/C18H24F2N2O3/c1-9(2)12-6-13(10(3)4)15(23)14(7-12)16(24)22-18(25,17(19)20)8-11(5)21-22/h6-7,9-10,17,23,25H,8H2,1-5H3/t18-/m0/s1. The third-order valence-corrected chi connectivity index (χ3v) is 4.38. The first kappa shape index (κ1) is 19.3. The van der Waals surface area contributed by atoms with E-state index in [1.54, 1.807) is 6.07 Å². The highest BCUT2D eigenvalue weighted by Gasteiger charge is 2.51. The number of phenolic OH excluding ortho intramolecular Hbond substituents is 1. The molecule has 7 heteroatoms. The minimum absolute atomic E-state index is 0.0666. The van der Waals surface area contributed by atoms with Crippen LogP contribution in [0, 0.1) is 0 Å². The molecule has 1 aromatic carbocycles. The quantitative estimate of drug-likeness (QED) is 0.863. The second-order valence-corrected chi connectivity index (χ2v) is 7.12. The number of carbonyl (C=O) groups excluding carboxylic acids is 1. The van der Waals surface area contributed by atoms with Crippen LogP contribution in [0.3, 0.4) is 0 Å². The normalized spacial score (nSPS) is 20.8. The molecule has 2 rings (SSSR count). The second kappa shape index (κ2) is 6.71. The van der Waals surface area contributed by atoms with Crippen LogP contribution in [0.2, 0.25) is 0 Å². The molecule has 1 atom stereocenters. The molecule has 0 fully saturated rings. The molecule has 0 saturated carbocycles. The van der Waals surface area contributed by atoms with Gasteiger partial charge in [0.2, 0.25) is 5.72 Å². The maximum atomic E-state index is 13.4. The van der Waals surface area contributed by atoms with Gasteiger partial charge in [-0.3, -0.25) is 4.79 Å². The molecule has 0 radical (unpaired) electrons. The molecule has 1 amide bonds. The van der Waals surface area contributed by atoms with Gasteiger partial charge in [-0.2, -0.15) is 10.1 Å². The van der Waals surface area contributed by atoms with Gasteiger partial charge >= 0.3 is 0 Å². The number of hydrogen-bond acceptors (Lipinski definition) is 4. The summed E-state index contributed by atoms with van der Waals surface area (Å²) in [4.78, 5) is 12.8. The SMILES string of the molecule is CC1=NN(C(=O)c2cc(C(C)C)cc(C(C)C)c2O)[C@@](O)(C(F)F)C1. The summed E-state index contributed by atoms with van der Waals surface area (Å²) >= 11 is 0. The Bertz CT molecular complexity index is 717. The summed E-state index contributed by atoms with van der Waals surface area (Å²) in [5.74, 6) is -1.20. The van der Waals surface area contributed by atoms with Crippen LogP contribution in [-0.2, 0) is 0 Å². The number of hydrogen-bond donors (Lipinski definition) is 2. The first-order valence-corrected chi connectivity index (χ1v) is 8.25. The van der Waals surface area contributed by atoms with E-state index in [0.717, 1.165) is 5.56 Å². The minimum Gasteiger partial charge on any atom is -0.507 e. The minimum atomic E-state index is -3.18. The molecule has 0 bridgehead atoms. The average molecular weight is 354 g/mol. The van der Waals surface area contributed by atoms with E-state index in [1.807, 2.05) is 27.7 Å². The first-order valence-electron chi connectivity index (χ1n) is 8.25. The van der Waals surface area contributed by atoms with Crippen molar-refractivity contribution in [3.05, 3.63) is 28.8 Å². The summed E-state index contributed by atoms with van der Waals surface area (Å²) in [5, 5.41) is 24.9. The van der Waals surface area contributed by atoms with E-state index in [1.165, 1.54) is 13.0 Å². The van der Waals surface area contributed by atoms with Gasteiger partial charge in [0.25, 0.3) is 12.3 Å². The van der Waals surface area contributed by atoms with Gasteiger partial charge in [-0.05, 0) is 36.0 Å². The fraction of sp³-hybridized carbons (Fsp3) is 0.556. The van der Waals surface area contributed by atoms with Crippen LogP contribution in [0.15, 0.2) is 17.2 Å². The third-order valence-electron chi connectivity index (χ3n) is 4.38. The van der Waals surface area contributed by atoms with Crippen molar-refractivity contribution in [2.75, 3.05) is 0 Å². The van der Waals surface area contributed by atoms with E-state index < -0.39 is 24.5 Å². The van der Waals surface area contributed by atoms with Crippen molar-refractivity contribution in [1.82, 2.24) is 5.01 Å². The predicted molar refractivity (Wildman–Crippen MR) is 91.1 cm³/mol. The number of aliphatic hydroxyl groups is 1. The van der Waals surface area contributed by atoms with Gasteiger partial charge < -0.3 is 10.2 Å². The Morgan fingerprint density at radius 2 is 1.84 bits per heavy atom. The van der Waals surface area contributed by atoms with Crippen molar-refractivity contribution in [1.29, 1.82) is 0 Å². The van der Waals surface area contributed by atoms with Crippen molar-refractivity contribution in [2.24, 2.45) is 5.10 Å². The molecule has 5 nitrogen and oxygen atoms in total. The second-order valence-electron chi connectivity index (χ2n) is 7.12. The summed E-state index contributed by atoms with van der Waals surface area (Å²) in [5.41, 5.74) is -1.26. The van der Waals surface area contributed by atoms with Gasteiger partial charge in [-0.25, -0.2) is 8.78 Å². The zero-order valence-corrected chi connectivity index (χ0v) is 15.0. The lowest BCUT2D eigenvalue weighted by Gasteiger charge is -2.30. The summed E-state index contributed by atoms with van der Waals surface area (Å²) in [6.45, 7) is 9.05. The lowest BCUT2D eigenvalue weighted by Crippen LogP contribution is -2.51. The molecule has 0 unspecified atom stereocenters. The fourth-order valence-electron chi connectivity index (χ4n) is 2.87. The highest BCUT2D eigenvalue weighted by molar-refractivity contribution is 6.00. The topological polar surface area (TPSA) is 73.1 Å². The molecule has 1 aromatic rings. The van der Waals surface area contributed by atoms with E-state index in [2.05, 4.69) is 5.10 Å². The Kier molecular flexibility index (Phi) is 5.18. The number of halogens is 2. The highest BCUT2D eigenvalue weighted by atomic mass is 19.3. The van der Waals surface area contributed by atoms with Crippen molar-refractivity contribution >= 4 is 11.6 Å². The molecule has 2 N–H and O–H groups in total. The molecular formula is C18H24F2N2O3. The number of alkyl halides is 2. The smallest absolute Gasteiger partial charge is 0.287 e. The molecule has 0 saturated heterocycles.